The number of anilines is 1. The van der Waals surface area contributed by atoms with Gasteiger partial charge < -0.3 is 5.32 Å². The molecule has 0 aromatic carbocycles. The van der Waals surface area contributed by atoms with Crippen LogP contribution in [-0.2, 0) is 10.8 Å². The lowest BCUT2D eigenvalue weighted by atomic mass is 10.5. The summed E-state index contributed by atoms with van der Waals surface area (Å²) >= 11 is 3.40. The number of hydrogen-bond donors (Lipinski definition) is 1. The molecule has 16 heavy (non-hydrogen) atoms. The number of hydrogen-bond acceptors (Lipinski definition) is 4. The van der Waals surface area contributed by atoms with Gasteiger partial charge in [0.25, 0.3) is 0 Å². The van der Waals surface area contributed by atoms with Crippen LogP contribution in [0.2, 0.25) is 0 Å². The van der Waals surface area contributed by atoms with Crippen LogP contribution < -0.4 is 5.32 Å². The summed E-state index contributed by atoms with van der Waals surface area (Å²) in [7, 11) is -0.795. The van der Waals surface area contributed by atoms with Crippen molar-refractivity contribution in [3.05, 3.63) is 22.8 Å². The molecule has 86 valence electrons. The second kappa shape index (κ2) is 4.92. The minimum absolute atomic E-state index is 0.553. The number of nitrogens with one attached hydrogen (secondary N) is 1. The van der Waals surface area contributed by atoms with Gasteiger partial charge in [-0.15, -0.1) is 5.10 Å². The molecule has 7 heteroatoms. The number of aromatic nitrogens is 3. The highest BCUT2D eigenvalue weighted by Crippen LogP contribution is 2.16. The summed E-state index contributed by atoms with van der Waals surface area (Å²) in [6.45, 7) is 0.609. The molecule has 0 bridgehead atoms. The van der Waals surface area contributed by atoms with Crippen molar-refractivity contribution in [2.75, 3.05) is 23.9 Å². The Morgan fingerprint density at radius 1 is 1.62 bits per heavy atom. The van der Waals surface area contributed by atoms with E-state index in [4.69, 9.17) is 0 Å². The highest BCUT2D eigenvalue weighted by Gasteiger charge is 2.05. The topological polar surface area (TPSA) is 59.3 Å². The number of fused-ring (bicyclic) bond motifs is 1. The lowest BCUT2D eigenvalue weighted by Crippen LogP contribution is -2.10. The second-order valence-electron chi connectivity index (χ2n) is 3.26. The maximum atomic E-state index is 10.9. The Bertz CT molecular complexity index is 527. The predicted octanol–water partition coefficient (Wildman–Crippen LogP) is 1.28. The van der Waals surface area contributed by atoms with Crippen LogP contribution in [0.5, 0.6) is 0 Å². The van der Waals surface area contributed by atoms with Crippen molar-refractivity contribution in [2.24, 2.45) is 0 Å². The molecule has 0 spiro atoms. The Balaban J connectivity index is 2.14. The fraction of sp³-hybridized carbons (Fsp3) is 0.333. The van der Waals surface area contributed by atoms with Gasteiger partial charge in [0.15, 0.2) is 5.65 Å². The third-order valence-electron chi connectivity index (χ3n) is 1.99. The quantitative estimate of drug-likeness (QED) is 0.924. The first-order valence-electron chi connectivity index (χ1n) is 4.71. The summed E-state index contributed by atoms with van der Waals surface area (Å²) in [4.78, 5) is 4.30. The van der Waals surface area contributed by atoms with Crippen molar-refractivity contribution >= 4 is 38.3 Å². The molecular formula is C9H11BrN4OS. The summed E-state index contributed by atoms with van der Waals surface area (Å²) in [6.07, 6.45) is 3.51. The van der Waals surface area contributed by atoms with Crippen LogP contribution in [0.25, 0.3) is 5.65 Å². The summed E-state index contributed by atoms with van der Waals surface area (Å²) in [5.74, 6) is 1.15. The molecule has 0 fully saturated rings. The highest BCUT2D eigenvalue weighted by molar-refractivity contribution is 9.10. The monoisotopic (exact) mass is 302 g/mol. The molecular weight excluding hydrogens is 292 g/mol. The summed E-state index contributed by atoms with van der Waals surface area (Å²) in [6, 6.07) is 3.80. The maximum Gasteiger partial charge on any atom is 0.243 e. The first kappa shape index (κ1) is 11.5. The van der Waals surface area contributed by atoms with Gasteiger partial charge in [-0.05, 0) is 28.1 Å². The van der Waals surface area contributed by atoms with Crippen molar-refractivity contribution in [3.8, 4) is 0 Å². The van der Waals surface area contributed by atoms with Crippen LogP contribution in [-0.4, -0.2) is 37.4 Å². The standard InChI is InChI=1S/C9H11BrN4OS/c1-16(15)6-4-11-9-12-8-7(10)3-2-5-14(8)13-9/h2-3,5H,4,6H2,1H3,(H,11,13). The second-order valence-corrected chi connectivity index (χ2v) is 5.67. The smallest absolute Gasteiger partial charge is 0.243 e. The van der Waals surface area contributed by atoms with Crippen LogP contribution >= 0.6 is 15.9 Å². The molecule has 2 rings (SSSR count). The minimum atomic E-state index is -0.795. The SMILES string of the molecule is CS(=O)CCNc1nc2c(Br)cccn2n1. The molecule has 0 amide bonds. The molecule has 2 aromatic rings. The Morgan fingerprint density at radius 2 is 2.44 bits per heavy atom. The molecule has 0 aliphatic rings. The van der Waals surface area contributed by atoms with E-state index in [-0.39, 0.29) is 0 Å². The van der Waals surface area contributed by atoms with Crippen molar-refractivity contribution in [1.82, 2.24) is 14.6 Å². The van der Waals surface area contributed by atoms with E-state index in [1.54, 1.807) is 10.8 Å². The van der Waals surface area contributed by atoms with Gasteiger partial charge in [0, 0.05) is 35.5 Å². The number of halogens is 1. The lowest BCUT2D eigenvalue weighted by Gasteiger charge is -1.97. The Morgan fingerprint density at radius 3 is 3.12 bits per heavy atom. The van der Waals surface area contributed by atoms with Gasteiger partial charge >= 0.3 is 0 Å². The zero-order valence-corrected chi connectivity index (χ0v) is 11.1. The predicted molar refractivity (Wildman–Crippen MR) is 68.1 cm³/mol. The van der Waals surface area contributed by atoms with Gasteiger partial charge in [0.05, 0.1) is 4.47 Å². The summed E-state index contributed by atoms with van der Waals surface area (Å²) in [5.41, 5.74) is 0.766. The molecule has 2 heterocycles. The largest absolute Gasteiger partial charge is 0.352 e. The number of nitrogens with zero attached hydrogens (tertiary/aromatic N) is 3. The van der Waals surface area contributed by atoms with E-state index in [9.17, 15) is 4.21 Å². The van der Waals surface area contributed by atoms with Crippen molar-refractivity contribution in [2.45, 2.75) is 0 Å². The molecule has 1 N–H and O–H groups in total. The number of pyridine rings is 1. The molecule has 1 atom stereocenters. The van der Waals surface area contributed by atoms with Crippen LogP contribution in [0.4, 0.5) is 5.95 Å². The van der Waals surface area contributed by atoms with E-state index >= 15 is 0 Å². The Hall–Kier alpha value is -0.950. The molecule has 2 aromatic heterocycles. The third kappa shape index (κ3) is 2.59. The van der Waals surface area contributed by atoms with Gasteiger partial charge in [-0.2, -0.15) is 4.98 Å². The fourth-order valence-corrected chi connectivity index (χ4v) is 2.07. The normalized spacial score (nSPS) is 12.9. The highest BCUT2D eigenvalue weighted by atomic mass is 79.9. The fourth-order valence-electron chi connectivity index (χ4n) is 1.26. The van der Waals surface area contributed by atoms with Gasteiger partial charge in [0.1, 0.15) is 0 Å². The molecule has 0 aliphatic carbocycles. The minimum Gasteiger partial charge on any atom is -0.352 e. The lowest BCUT2D eigenvalue weighted by molar-refractivity contribution is 0.687. The van der Waals surface area contributed by atoms with Crippen molar-refractivity contribution in [3.63, 3.8) is 0 Å². The van der Waals surface area contributed by atoms with Crippen LogP contribution in [0.1, 0.15) is 0 Å². The van der Waals surface area contributed by atoms with E-state index in [2.05, 4.69) is 31.3 Å². The van der Waals surface area contributed by atoms with Crippen LogP contribution in [0.3, 0.4) is 0 Å². The van der Waals surface area contributed by atoms with E-state index in [0.29, 0.717) is 18.2 Å². The molecule has 0 aliphatic heterocycles. The van der Waals surface area contributed by atoms with Gasteiger partial charge in [-0.25, -0.2) is 4.52 Å². The molecule has 5 nitrogen and oxygen atoms in total. The molecule has 0 saturated heterocycles. The number of rotatable bonds is 4. The van der Waals surface area contributed by atoms with Crippen molar-refractivity contribution in [1.29, 1.82) is 0 Å². The summed E-state index contributed by atoms with van der Waals surface area (Å²) < 4.78 is 13.5. The van der Waals surface area contributed by atoms with E-state index in [0.717, 1.165) is 10.1 Å². The molecule has 0 saturated carbocycles. The van der Waals surface area contributed by atoms with Gasteiger partial charge in [-0.1, -0.05) is 0 Å². The van der Waals surface area contributed by atoms with Gasteiger partial charge in [0.2, 0.25) is 5.95 Å². The maximum absolute atomic E-state index is 10.9. The third-order valence-corrected chi connectivity index (χ3v) is 3.39. The zero-order valence-electron chi connectivity index (χ0n) is 8.68. The molecule has 1 unspecified atom stereocenters. The Kier molecular flexibility index (Phi) is 3.55. The molecule has 0 radical (unpaired) electrons. The van der Waals surface area contributed by atoms with E-state index < -0.39 is 10.8 Å². The summed E-state index contributed by atoms with van der Waals surface area (Å²) in [5, 5.41) is 7.27. The first-order valence-corrected chi connectivity index (χ1v) is 7.23. The van der Waals surface area contributed by atoms with Gasteiger partial charge in [-0.3, -0.25) is 4.21 Å². The van der Waals surface area contributed by atoms with E-state index in [1.165, 1.54) is 0 Å². The van der Waals surface area contributed by atoms with Crippen LogP contribution in [0, 0.1) is 0 Å². The average Bonchev–Trinajstić information content (AvgIpc) is 2.61. The zero-order chi connectivity index (χ0) is 11.5. The Labute approximate surface area is 104 Å². The first-order chi connectivity index (χ1) is 7.66. The van der Waals surface area contributed by atoms with Crippen LogP contribution in [0.15, 0.2) is 22.8 Å². The van der Waals surface area contributed by atoms with E-state index in [1.807, 2.05) is 18.3 Å². The average molecular weight is 303 g/mol. The van der Waals surface area contributed by atoms with Crippen molar-refractivity contribution < 1.29 is 4.21 Å².